The average molecular weight is 177 g/mol. The fourth-order valence-electron chi connectivity index (χ4n) is 0.623. The van der Waals surface area contributed by atoms with Crippen molar-refractivity contribution in [2.75, 3.05) is 19.8 Å². The minimum Gasteiger partial charge on any atom is -0.527 e. The summed E-state index contributed by atoms with van der Waals surface area (Å²) >= 11 is 0. The zero-order chi connectivity index (χ0) is 8.36. The van der Waals surface area contributed by atoms with Crippen LogP contribution in [0.1, 0.15) is 6.42 Å². The number of hydrogen-bond acceptors (Lipinski definition) is 4. The second-order valence-electron chi connectivity index (χ2n) is 2.08. The zero-order valence-corrected chi connectivity index (χ0v) is 8.04. The van der Waals surface area contributed by atoms with Gasteiger partial charge in [-0.25, -0.2) is 0 Å². The monoisotopic (exact) mass is 177 g/mol. The normalized spacial score (nSPS) is 10.6. The first-order valence-corrected chi connectivity index (χ1v) is 5.32. The maximum absolute atomic E-state index is 9.70. The summed E-state index contributed by atoms with van der Waals surface area (Å²) in [5, 5.41) is 0. The van der Waals surface area contributed by atoms with E-state index < -0.39 is 9.76 Å². The van der Waals surface area contributed by atoms with Gasteiger partial charge >= 0.3 is 0 Å². The van der Waals surface area contributed by atoms with Gasteiger partial charge in [0.05, 0.1) is 6.61 Å². The van der Waals surface area contributed by atoms with Crippen molar-refractivity contribution in [1.82, 2.24) is 0 Å². The summed E-state index contributed by atoms with van der Waals surface area (Å²) in [6, 6.07) is 0.989. The molecule has 0 aromatic carbocycles. The molecule has 0 aromatic heterocycles. The van der Waals surface area contributed by atoms with Gasteiger partial charge in [-0.3, -0.25) is 4.79 Å². The number of rotatable bonds is 8. The number of carbonyl (C=O) groups is 1. The molecule has 0 rings (SSSR count). The van der Waals surface area contributed by atoms with Crippen molar-refractivity contribution in [2.24, 2.45) is 5.73 Å². The van der Waals surface area contributed by atoms with Gasteiger partial charge in [-0.15, -0.1) is 0 Å². The van der Waals surface area contributed by atoms with Crippen molar-refractivity contribution in [1.29, 1.82) is 0 Å². The molecule has 0 heterocycles. The highest BCUT2D eigenvalue weighted by Crippen LogP contribution is 1.89. The van der Waals surface area contributed by atoms with Gasteiger partial charge in [-0.05, 0) is 12.5 Å². The Morgan fingerprint density at radius 3 is 2.91 bits per heavy atom. The smallest absolute Gasteiger partial charge is 0.279 e. The second-order valence-corrected chi connectivity index (χ2v) is 3.52. The molecule has 0 radical (unpaired) electrons. The summed E-state index contributed by atoms with van der Waals surface area (Å²) < 4.78 is 9.73. The SMILES string of the molecule is NCCOCCC[SiH2]OC=O. The van der Waals surface area contributed by atoms with E-state index in [1.165, 1.54) is 0 Å². The molecule has 0 amide bonds. The average Bonchev–Trinajstić information content (AvgIpc) is 2.03. The number of hydrogen-bond donors (Lipinski definition) is 1. The van der Waals surface area contributed by atoms with Gasteiger partial charge < -0.3 is 14.9 Å². The molecule has 66 valence electrons. The number of nitrogens with two attached hydrogens (primary N) is 1. The summed E-state index contributed by atoms with van der Waals surface area (Å²) in [6.45, 7) is 2.44. The summed E-state index contributed by atoms with van der Waals surface area (Å²) in [5.74, 6) is 0. The maximum atomic E-state index is 9.70. The highest BCUT2D eigenvalue weighted by molar-refractivity contribution is 6.29. The van der Waals surface area contributed by atoms with Gasteiger partial charge in [0.2, 0.25) is 9.76 Å². The Labute approximate surface area is 69.0 Å². The molecule has 0 saturated carbocycles. The van der Waals surface area contributed by atoms with E-state index in [-0.39, 0.29) is 0 Å². The minimum absolute atomic E-state index is 0.521. The number of ether oxygens (including phenoxy) is 1. The van der Waals surface area contributed by atoms with Gasteiger partial charge in [0.15, 0.2) is 0 Å². The van der Waals surface area contributed by atoms with Crippen molar-refractivity contribution in [3.05, 3.63) is 0 Å². The van der Waals surface area contributed by atoms with Gasteiger partial charge in [-0.1, -0.05) is 0 Å². The molecule has 0 spiro atoms. The molecule has 11 heavy (non-hydrogen) atoms. The Morgan fingerprint density at radius 2 is 2.27 bits per heavy atom. The lowest BCUT2D eigenvalue weighted by Crippen LogP contribution is -2.09. The maximum Gasteiger partial charge on any atom is 0.279 e. The van der Waals surface area contributed by atoms with Crippen LogP contribution in [0.2, 0.25) is 6.04 Å². The van der Waals surface area contributed by atoms with Crippen LogP contribution in [0.15, 0.2) is 0 Å². The molecule has 0 aliphatic heterocycles. The molecular formula is C6H15NO3Si. The predicted molar refractivity (Wildman–Crippen MR) is 45.0 cm³/mol. The van der Waals surface area contributed by atoms with Gasteiger partial charge in [0.1, 0.15) is 0 Å². The van der Waals surface area contributed by atoms with E-state index in [1.54, 1.807) is 0 Å². The van der Waals surface area contributed by atoms with Crippen LogP contribution in [0, 0.1) is 0 Å². The molecule has 0 bridgehead atoms. The Hall–Kier alpha value is -0.393. The largest absolute Gasteiger partial charge is 0.527 e. The summed E-state index contributed by atoms with van der Waals surface area (Å²) in [4.78, 5) is 9.70. The fraction of sp³-hybridized carbons (Fsp3) is 0.833. The van der Waals surface area contributed by atoms with E-state index in [1.807, 2.05) is 0 Å². The van der Waals surface area contributed by atoms with E-state index in [0.717, 1.165) is 19.1 Å². The topological polar surface area (TPSA) is 61.6 Å². The second kappa shape index (κ2) is 9.61. The van der Waals surface area contributed by atoms with E-state index in [0.29, 0.717) is 19.6 Å². The molecular weight excluding hydrogens is 162 g/mol. The first-order chi connectivity index (χ1) is 5.41. The number of carbonyl (C=O) groups excluding carboxylic acids is 1. The third-order valence-corrected chi connectivity index (χ3v) is 2.29. The minimum atomic E-state index is -0.602. The van der Waals surface area contributed by atoms with Gasteiger partial charge in [0.25, 0.3) is 6.47 Å². The van der Waals surface area contributed by atoms with Gasteiger partial charge in [0, 0.05) is 13.2 Å². The van der Waals surface area contributed by atoms with Crippen molar-refractivity contribution in [2.45, 2.75) is 12.5 Å². The summed E-state index contributed by atoms with van der Waals surface area (Å²) in [6.07, 6.45) is 0.972. The van der Waals surface area contributed by atoms with E-state index in [4.69, 9.17) is 10.5 Å². The van der Waals surface area contributed by atoms with Crippen molar-refractivity contribution < 1.29 is 14.0 Å². The summed E-state index contributed by atoms with van der Waals surface area (Å²) in [7, 11) is -0.602. The highest BCUT2D eigenvalue weighted by Gasteiger charge is 1.89. The molecule has 0 aliphatic carbocycles. The van der Waals surface area contributed by atoms with Crippen LogP contribution in [0.5, 0.6) is 0 Å². The first-order valence-electron chi connectivity index (χ1n) is 3.75. The molecule has 0 fully saturated rings. The van der Waals surface area contributed by atoms with Crippen LogP contribution in [0.3, 0.4) is 0 Å². The quantitative estimate of drug-likeness (QED) is 0.294. The molecule has 0 unspecified atom stereocenters. The third-order valence-electron chi connectivity index (χ3n) is 1.13. The van der Waals surface area contributed by atoms with E-state index >= 15 is 0 Å². The van der Waals surface area contributed by atoms with Crippen LogP contribution in [-0.2, 0) is 14.0 Å². The van der Waals surface area contributed by atoms with Crippen LogP contribution >= 0.6 is 0 Å². The van der Waals surface area contributed by atoms with Crippen LogP contribution in [0.4, 0.5) is 0 Å². The molecule has 0 aliphatic rings. The predicted octanol–water partition coefficient (Wildman–Crippen LogP) is -0.973. The standard InChI is InChI=1S/C6H15NO3Si/c7-2-4-9-3-1-5-11-10-6-8/h6H,1-5,7,11H2. The third kappa shape index (κ3) is 9.61. The molecule has 0 atom stereocenters. The highest BCUT2D eigenvalue weighted by atomic mass is 28.2. The zero-order valence-electron chi connectivity index (χ0n) is 6.62. The van der Waals surface area contributed by atoms with Crippen molar-refractivity contribution in [3.63, 3.8) is 0 Å². The van der Waals surface area contributed by atoms with Crippen LogP contribution in [-0.4, -0.2) is 36.0 Å². The lowest BCUT2D eigenvalue weighted by atomic mass is 10.5. The molecule has 0 aromatic rings. The lowest BCUT2D eigenvalue weighted by molar-refractivity contribution is -0.120. The lowest BCUT2D eigenvalue weighted by Gasteiger charge is -2.00. The van der Waals surface area contributed by atoms with E-state index in [9.17, 15) is 4.79 Å². The molecule has 0 saturated heterocycles. The Balaban J connectivity index is 2.74. The van der Waals surface area contributed by atoms with Gasteiger partial charge in [-0.2, -0.15) is 0 Å². The fourth-order valence-corrected chi connectivity index (χ4v) is 1.29. The van der Waals surface area contributed by atoms with Crippen LogP contribution < -0.4 is 5.73 Å². The Kier molecular flexibility index (Phi) is 9.26. The van der Waals surface area contributed by atoms with Crippen molar-refractivity contribution in [3.8, 4) is 0 Å². The van der Waals surface area contributed by atoms with Crippen LogP contribution in [0.25, 0.3) is 0 Å². The van der Waals surface area contributed by atoms with Crippen molar-refractivity contribution >= 4 is 16.2 Å². The Morgan fingerprint density at radius 1 is 1.45 bits per heavy atom. The van der Waals surface area contributed by atoms with E-state index in [2.05, 4.69) is 4.43 Å². The summed E-state index contributed by atoms with van der Waals surface area (Å²) in [5.41, 5.74) is 5.20. The molecule has 4 nitrogen and oxygen atoms in total. The Bertz CT molecular complexity index is 91.9. The first kappa shape index (κ1) is 10.6. The molecule has 5 heteroatoms. The molecule has 2 N–H and O–H groups in total.